The molecule has 0 N–H and O–H groups in total. The van der Waals surface area contributed by atoms with Gasteiger partial charge in [0.15, 0.2) is 5.82 Å². The van der Waals surface area contributed by atoms with Gasteiger partial charge in [0.2, 0.25) is 0 Å². The summed E-state index contributed by atoms with van der Waals surface area (Å²) in [5, 5.41) is 8.50. The van der Waals surface area contributed by atoms with Gasteiger partial charge in [-0.1, -0.05) is 17.7 Å². The summed E-state index contributed by atoms with van der Waals surface area (Å²) in [5.74, 6) is 0.980. The highest BCUT2D eigenvalue weighted by Gasteiger charge is 2.24. The van der Waals surface area contributed by atoms with Crippen LogP contribution in [0.3, 0.4) is 0 Å². The maximum Gasteiger partial charge on any atom is 0.253 e. The summed E-state index contributed by atoms with van der Waals surface area (Å²) in [5.41, 5.74) is 2.95. The number of aromatic nitrogens is 2. The van der Waals surface area contributed by atoms with E-state index in [-0.39, 0.29) is 5.91 Å². The first-order valence-corrected chi connectivity index (χ1v) is 9.47. The molecule has 27 heavy (non-hydrogen) atoms. The van der Waals surface area contributed by atoms with Gasteiger partial charge in [0, 0.05) is 50.9 Å². The highest BCUT2D eigenvalue weighted by Crippen LogP contribution is 2.21. The van der Waals surface area contributed by atoms with Gasteiger partial charge in [0.05, 0.1) is 25.1 Å². The van der Waals surface area contributed by atoms with E-state index in [4.69, 9.17) is 4.74 Å². The average Bonchev–Trinajstić information content (AvgIpc) is 2.74. The molecule has 0 radical (unpaired) electrons. The quantitative estimate of drug-likeness (QED) is 0.821. The molecule has 7 heteroatoms. The smallest absolute Gasteiger partial charge is 0.253 e. The minimum Gasteiger partial charge on any atom is -0.378 e. The van der Waals surface area contributed by atoms with Gasteiger partial charge in [0.25, 0.3) is 5.91 Å². The van der Waals surface area contributed by atoms with Crippen molar-refractivity contribution in [2.75, 3.05) is 62.3 Å². The van der Waals surface area contributed by atoms with Crippen LogP contribution in [-0.4, -0.2) is 73.5 Å². The Morgan fingerprint density at radius 3 is 2.52 bits per heavy atom. The first-order chi connectivity index (χ1) is 13.2. The number of nitrogens with zero attached hydrogens (tertiary/aromatic N) is 5. The second-order valence-corrected chi connectivity index (χ2v) is 7.02. The predicted octanol–water partition coefficient (Wildman–Crippen LogP) is 1.58. The van der Waals surface area contributed by atoms with Gasteiger partial charge in [-0.2, -0.15) is 5.10 Å². The number of piperazine rings is 1. The third-order valence-electron chi connectivity index (χ3n) is 5.16. The number of rotatable bonds is 3. The second-order valence-electron chi connectivity index (χ2n) is 7.02. The van der Waals surface area contributed by atoms with E-state index in [9.17, 15) is 4.79 Å². The number of carbonyl (C=O) groups excluding carboxylic acids is 1. The Bertz CT molecular complexity index is 798. The molecule has 1 aromatic heterocycles. The maximum atomic E-state index is 12.7. The average molecular weight is 367 g/mol. The van der Waals surface area contributed by atoms with Gasteiger partial charge >= 0.3 is 0 Å². The molecular formula is C20H25N5O2. The van der Waals surface area contributed by atoms with Crippen LogP contribution in [0.25, 0.3) is 0 Å². The topological polar surface area (TPSA) is 61.8 Å². The van der Waals surface area contributed by atoms with Gasteiger partial charge in [-0.05, 0) is 19.1 Å². The summed E-state index contributed by atoms with van der Waals surface area (Å²) in [6.45, 7) is 8.17. The standard InChI is InChI=1S/C20H25N5O2/c1-16-3-2-4-17(13-16)20(26)25-7-5-24(6-8-25)19-14-18(15-21-22-19)23-9-11-27-12-10-23/h2-4,13-15H,5-12H2,1H3. The molecule has 2 aliphatic heterocycles. The zero-order chi connectivity index (χ0) is 18.6. The number of morpholine rings is 1. The van der Waals surface area contributed by atoms with Crippen molar-refractivity contribution >= 4 is 17.4 Å². The van der Waals surface area contributed by atoms with Gasteiger partial charge in [-0.25, -0.2) is 0 Å². The van der Waals surface area contributed by atoms with Gasteiger partial charge in [-0.3, -0.25) is 4.79 Å². The largest absolute Gasteiger partial charge is 0.378 e. The van der Waals surface area contributed by atoms with Crippen LogP contribution in [0.4, 0.5) is 11.5 Å². The van der Waals surface area contributed by atoms with E-state index in [1.807, 2.05) is 42.3 Å². The second kappa shape index (κ2) is 7.92. The first kappa shape index (κ1) is 17.7. The van der Waals surface area contributed by atoms with Crippen molar-refractivity contribution in [1.29, 1.82) is 0 Å². The third-order valence-corrected chi connectivity index (χ3v) is 5.16. The lowest BCUT2D eigenvalue weighted by atomic mass is 10.1. The summed E-state index contributed by atoms with van der Waals surface area (Å²) in [6, 6.07) is 9.88. The summed E-state index contributed by atoms with van der Waals surface area (Å²) < 4.78 is 5.42. The van der Waals surface area contributed by atoms with Crippen molar-refractivity contribution in [2.24, 2.45) is 0 Å². The number of hydrogen-bond donors (Lipinski definition) is 0. The molecule has 142 valence electrons. The first-order valence-electron chi connectivity index (χ1n) is 9.47. The molecular weight excluding hydrogens is 342 g/mol. The van der Waals surface area contributed by atoms with Crippen LogP contribution >= 0.6 is 0 Å². The molecule has 0 aliphatic carbocycles. The lowest BCUT2D eigenvalue weighted by Crippen LogP contribution is -2.49. The Balaban J connectivity index is 1.40. The number of aryl methyl sites for hydroxylation is 1. The normalized spacial score (nSPS) is 17.9. The van der Waals surface area contributed by atoms with Crippen molar-refractivity contribution in [3.8, 4) is 0 Å². The SMILES string of the molecule is Cc1cccc(C(=O)N2CCN(c3cc(N4CCOCC4)cnn3)CC2)c1. The molecule has 4 rings (SSSR count). The molecule has 0 atom stereocenters. The van der Waals surface area contributed by atoms with Crippen LogP contribution in [-0.2, 0) is 4.74 Å². The highest BCUT2D eigenvalue weighted by molar-refractivity contribution is 5.94. The third kappa shape index (κ3) is 4.03. The fourth-order valence-corrected chi connectivity index (χ4v) is 3.59. The number of benzene rings is 1. The van der Waals surface area contributed by atoms with Crippen LogP contribution < -0.4 is 9.80 Å². The predicted molar refractivity (Wildman–Crippen MR) is 104 cm³/mol. The Morgan fingerprint density at radius 1 is 1.00 bits per heavy atom. The number of anilines is 2. The number of amides is 1. The summed E-state index contributed by atoms with van der Waals surface area (Å²) in [7, 11) is 0. The van der Waals surface area contributed by atoms with Crippen molar-refractivity contribution < 1.29 is 9.53 Å². The molecule has 2 fully saturated rings. The number of hydrogen-bond acceptors (Lipinski definition) is 6. The molecule has 0 spiro atoms. The van der Waals surface area contributed by atoms with E-state index >= 15 is 0 Å². The highest BCUT2D eigenvalue weighted by atomic mass is 16.5. The van der Waals surface area contributed by atoms with E-state index < -0.39 is 0 Å². The van der Waals surface area contributed by atoms with Gasteiger partial charge in [0.1, 0.15) is 0 Å². The Hall–Kier alpha value is -2.67. The van der Waals surface area contributed by atoms with Crippen molar-refractivity contribution in [3.05, 3.63) is 47.7 Å². The zero-order valence-electron chi connectivity index (χ0n) is 15.7. The molecule has 0 saturated carbocycles. The molecule has 2 aromatic rings. The fraction of sp³-hybridized carbons (Fsp3) is 0.450. The number of carbonyl (C=O) groups is 1. The van der Waals surface area contributed by atoms with Gasteiger partial charge in [-0.15, -0.1) is 5.10 Å². The summed E-state index contributed by atoms with van der Waals surface area (Å²) in [6.07, 6.45) is 1.81. The molecule has 7 nitrogen and oxygen atoms in total. The van der Waals surface area contributed by atoms with E-state index in [0.29, 0.717) is 13.1 Å². The van der Waals surface area contributed by atoms with Crippen molar-refractivity contribution in [2.45, 2.75) is 6.92 Å². The molecule has 1 amide bonds. The van der Waals surface area contributed by atoms with Crippen LogP contribution in [0.5, 0.6) is 0 Å². The Kier molecular flexibility index (Phi) is 5.20. The molecule has 0 unspecified atom stereocenters. The molecule has 1 aromatic carbocycles. The zero-order valence-corrected chi connectivity index (χ0v) is 15.7. The Labute approximate surface area is 159 Å². The van der Waals surface area contributed by atoms with Crippen LogP contribution in [0.15, 0.2) is 36.5 Å². The fourth-order valence-electron chi connectivity index (χ4n) is 3.59. The molecule has 0 bridgehead atoms. The van der Waals surface area contributed by atoms with E-state index in [1.165, 1.54) is 0 Å². The van der Waals surface area contributed by atoms with E-state index in [0.717, 1.165) is 62.0 Å². The van der Waals surface area contributed by atoms with Gasteiger partial charge < -0.3 is 19.4 Å². The maximum absolute atomic E-state index is 12.7. The molecule has 2 saturated heterocycles. The van der Waals surface area contributed by atoms with Crippen LogP contribution in [0, 0.1) is 6.92 Å². The van der Waals surface area contributed by atoms with Crippen LogP contribution in [0.1, 0.15) is 15.9 Å². The lowest BCUT2D eigenvalue weighted by molar-refractivity contribution is 0.0746. The summed E-state index contributed by atoms with van der Waals surface area (Å²) >= 11 is 0. The summed E-state index contributed by atoms with van der Waals surface area (Å²) in [4.78, 5) is 19.1. The lowest BCUT2D eigenvalue weighted by Gasteiger charge is -2.36. The van der Waals surface area contributed by atoms with E-state index in [1.54, 1.807) is 0 Å². The van der Waals surface area contributed by atoms with Crippen molar-refractivity contribution in [3.63, 3.8) is 0 Å². The molecule has 3 heterocycles. The minimum absolute atomic E-state index is 0.103. The molecule has 2 aliphatic rings. The van der Waals surface area contributed by atoms with Crippen molar-refractivity contribution in [1.82, 2.24) is 15.1 Å². The van der Waals surface area contributed by atoms with E-state index in [2.05, 4.69) is 26.1 Å². The Morgan fingerprint density at radius 2 is 1.78 bits per heavy atom. The van der Waals surface area contributed by atoms with Crippen LogP contribution in [0.2, 0.25) is 0 Å². The minimum atomic E-state index is 0.103. The monoisotopic (exact) mass is 367 g/mol. The number of ether oxygens (including phenoxy) is 1.